The normalized spacial score (nSPS) is 43.6. The van der Waals surface area contributed by atoms with Crippen molar-refractivity contribution in [1.82, 2.24) is 0 Å². The number of Topliss-reactive ketones (excluding diaryl/α,β-unsaturated/α-hetero) is 1. The number of aliphatic hydroxyl groups is 1. The lowest BCUT2D eigenvalue weighted by Crippen LogP contribution is -2.62. The number of carbonyl (C=O) groups excluding carboxylic acids is 2. The Bertz CT molecular complexity index is 440. The maximum atomic E-state index is 12.5. The third kappa shape index (κ3) is 2.75. The van der Waals surface area contributed by atoms with Gasteiger partial charge >= 0.3 is 5.97 Å². The maximum absolute atomic E-state index is 12.5. The molecule has 2 fully saturated rings. The molecule has 0 aromatic rings. The topological polar surface area (TPSA) is 63.6 Å². The molecular weight excluding hydrogens is 268 g/mol. The Hall–Kier alpha value is -0.900. The molecule has 0 unspecified atom stereocenters. The highest BCUT2D eigenvalue weighted by molar-refractivity contribution is 5.86. The molecule has 0 radical (unpaired) electrons. The van der Waals surface area contributed by atoms with E-state index in [2.05, 4.69) is 13.8 Å². The average molecular weight is 296 g/mol. The van der Waals surface area contributed by atoms with Crippen molar-refractivity contribution >= 4 is 11.8 Å². The number of rotatable bonds is 2. The second kappa shape index (κ2) is 5.38. The van der Waals surface area contributed by atoms with E-state index in [9.17, 15) is 14.7 Å². The zero-order chi connectivity index (χ0) is 16.0. The Morgan fingerprint density at radius 2 is 1.95 bits per heavy atom. The molecule has 2 aliphatic carbocycles. The second-order valence-corrected chi connectivity index (χ2v) is 7.70. The molecule has 0 bridgehead atoms. The standard InChI is InChI=1S/C17H28O4/c1-10(2)12-6-8-16(4)13(19)7-9-17(5,20)15(16)14(12)21-11(3)18/h10,12,14-15,20H,6-9H2,1-5H3/t12-,14+,15+,16-,17-/m0/s1. The van der Waals surface area contributed by atoms with Gasteiger partial charge in [-0.15, -0.1) is 0 Å². The lowest BCUT2D eigenvalue weighted by atomic mass is 9.51. The van der Waals surface area contributed by atoms with Crippen LogP contribution < -0.4 is 0 Å². The van der Waals surface area contributed by atoms with E-state index < -0.39 is 11.0 Å². The highest BCUT2D eigenvalue weighted by Crippen LogP contribution is 2.55. The highest BCUT2D eigenvalue weighted by Gasteiger charge is 2.60. The van der Waals surface area contributed by atoms with Gasteiger partial charge in [-0.1, -0.05) is 20.8 Å². The molecular formula is C17H28O4. The van der Waals surface area contributed by atoms with Crippen molar-refractivity contribution in [3.63, 3.8) is 0 Å². The molecule has 0 aromatic carbocycles. The van der Waals surface area contributed by atoms with Gasteiger partial charge in [0.2, 0.25) is 0 Å². The first kappa shape index (κ1) is 16.5. The zero-order valence-electron chi connectivity index (χ0n) is 13.8. The van der Waals surface area contributed by atoms with Crippen LogP contribution in [-0.4, -0.2) is 28.6 Å². The Kier molecular flexibility index (Phi) is 4.22. The van der Waals surface area contributed by atoms with Crippen LogP contribution in [0.15, 0.2) is 0 Å². The summed E-state index contributed by atoms with van der Waals surface area (Å²) in [4.78, 5) is 24.1. The molecule has 2 aliphatic rings. The monoisotopic (exact) mass is 296 g/mol. The van der Waals surface area contributed by atoms with E-state index in [-0.39, 0.29) is 29.7 Å². The lowest BCUT2D eigenvalue weighted by molar-refractivity contribution is -0.203. The highest BCUT2D eigenvalue weighted by atomic mass is 16.5. The Morgan fingerprint density at radius 3 is 2.48 bits per heavy atom. The summed E-state index contributed by atoms with van der Waals surface area (Å²) in [6.45, 7) is 9.37. The van der Waals surface area contributed by atoms with E-state index in [4.69, 9.17) is 4.74 Å². The van der Waals surface area contributed by atoms with Crippen LogP contribution in [0.1, 0.15) is 60.3 Å². The van der Waals surface area contributed by atoms with Gasteiger partial charge in [-0.3, -0.25) is 9.59 Å². The number of fused-ring (bicyclic) bond motifs is 1. The molecule has 21 heavy (non-hydrogen) atoms. The molecule has 0 aliphatic heterocycles. The van der Waals surface area contributed by atoms with E-state index in [1.165, 1.54) is 6.92 Å². The smallest absolute Gasteiger partial charge is 0.302 e. The van der Waals surface area contributed by atoms with E-state index >= 15 is 0 Å². The molecule has 0 aromatic heterocycles. The van der Waals surface area contributed by atoms with Crippen LogP contribution >= 0.6 is 0 Å². The number of ether oxygens (including phenoxy) is 1. The number of ketones is 1. The van der Waals surface area contributed by atoms with Crippen LogP contribution in [0.25, 0.3) is 0 Å². The first-order chi connectivity index (χ1) is 9.59. The number of hydrogen-bond donors (Lipinski definition) is 1. The summed E-state index contributed by atoms with van der Waals surface area (Å²) >= 11 is 0. The van der Waals surface area contributed by atoms with Gasteiger partial charge in [0.15, 0.2) is 0 Å². The van der Waals surface area contributed by atoms with Crippen molar-refractivity contribution < 1.29 is 19.4 Å². The van der Waals surface area contributed by atoms with E-state index in [0.717, 1.165) is 12.8 Å². The van der Waals surface area contributed by atoms with Crippen molar-refractivity contribution in [3.8, 4) is 0 Å². The third-order valence-corrected chi connectivity index (χ3v) is 5.76. The molecule has 2 saturated carbocycles. The maximum Gasteiger partial charge on any atom is 0.302 e. The van der Waals surface area contributed by atoms with Crippen molar-refractivity contribution in [1.29, 1.82) is 0 Å². The van der Waals surface area contributed by atoms with Crippen LogP contribution in [0.3, 0.4) is 0 Å². The van der Waals surface area contributed by atoms with Gasteiger partial charge in [-0.05, 0) is 38.0 Å². The van der Waals surface area contributed by atoms with E-state index in [1.807, 2.05) is 6.92 Å². The largest absolute Gasteiger partial charge is 0.462 e. The Morgan fingerprint density at radius 1 is 1.33 bits per heavy atom. The van der Waals surface area contributed by atoms with Crippen molar-refractivity contribution in [3.05, 3.63) is 0 Å². The predicted octanol–water partition coefficient (Wildman–Crippen LogP) is 2.72. The van der Waals surface area contributed by atoms with Crippen LogP contribution in [0, 0.1) is 23.2 Å². The van der Waals surface area contributed by atoms with Gasteiger partial charge in [-0.2, -0.15) is 0 Å². The predicted molar refractivity (Wildman–Crippen MR) is 79.6 cm³/mol. The van der Waals surface area contributed by atoms with Gasteiger partial charge in [0, 0.05) is 24.7 Å². The van der Waals surface area contributed by atoms with Gasteiger partial charge in [-0.25, -0.2) is 0 Å². The molecule has 0 spiro atoms. The molecule has 0 heterocycles. The van der Waals surface area contributed by atoms with Crippen LogP contribution in [-0.2, 0) is 14.3 Å². The number of esters is 1. The van der Waals surface area contributed by atoms with Crippen molar-refractivity contribution in [2.75, 3.05) is 0 Å². The summed E-state index contributed by atoms with van der Waals surface area (Å²) in [5, 5.41) is 10.9. The number of carbonyl (C=O) groups is 2. The van der Waals surface area contributed by atoms with Gasteiger partial charge in [0.25, 0.3) is 0 Å². The van der Waals surface area contributed by atoms with E-state index in [0.29, 0.717) is 18.8 Å². The first-order valence-electron chi connectivity index (χ1n) is 8.02. The van der Waals surface area contributed by atoms with Gasteiger partial charge in [0.1, 0.15) is 11.9 Å². The molecule has 2 rings (SSSR count). The van der Waals surface area contributed by atoms with Crippen LogP contribution in [0.4, 0.5) is 0 Å². The van der Waals surface area contributed by atoms with E-state index in [1.54, 1.807) is 6.92 Å². The second-order valence-electron chi connectivity index (χ2n) is 7.70. The van der Waals surface area contributed by atoms with Gasteiger partial charge < -0.3 is 9.84 Å². The third-order valence-electron chi connectivity index (χ3n) is 5.76. The van der Waals surface area contributed by atoms with Gasteiger partial charge in [0.05, 0.1) is 5.60 Å². The summed E-state index contributed by atoms with van der Waals surface area (Å²) in [6.07, 6.45) is 2.13. The average Bonchev–Trinajstić information content (AvgIpc) is 2.33. The van der Waals surface area contributed by atoms with Crippen LogP contribution in [0.2, 0.25) is 0 Å². The minimum atomic E-state index is -0.962. The molecule has 4 nitrogen and oxygen atoms in total. The summed E-state index contributed by atoms with van der Waals surface area (Å²) in [5.74, 6) is 0.120. The molecule has 4 heteroatoms. The van der Waals surface area contributed by atoms with Crippen molar-refractivity contribution in [2.45, 2.75) is 72.0 Å². The zero-order valence-corrected chi connectivity index (χ0v) is 13.8. The fourth-order valence-electron chi connectivity index (χ4n) is 4.62. The minimum Gasteiger partial charge on any atom is -0.462 e. The summed E-state index contributed by atoms with van der Waals surface area (Å²) in [7, 11) is 0. The summed E-state index contributed by atoms with van der Waals surface area (Å²) in [6, 6.07) is 0. The summed E-state index contributed by atoms with van der Waals surface area (Å²) < 4.78 is 5.63. The SMILES string of the molecule is CC(=O)O[C@@H]1[C@H](C(C)C)CC[C@@]2(C)C(=O)CC[C@](C)(O)[C@H]12. The summed E-state index contributed by atoms with van der Waals surface area (Å²) in [5.41, 5.74) is -1.54. The minimum absolute atomic E-state index is 0.198. The lowest BCUT2D eigenvalue weighted by Gasteiger charge is -2.56. The first-order valence-corrected chi connectivity index (χ1v) is 8.02. The van der Waals surface area contributed by atoms with Crippen LogP contribution in [0.5, 0.6) is 0 Å². The molecule has 1 N–H and O–H groups in total. The van der Waals surface area contributed by atoms with Crippen molar-refractivity contribution in [2.24, 2.45) is 23.2 Å². The molecule has 5 atom stereocenters. The fraction of sp³-hybridized carbons (Fsp3) is 0.882. The fourth-order valence-corrected chi connectivity index (χ4v) is 4.62. The molecule has 0 saturated heterocycles. The quantitative estimate of drug-likeness (QED) is 0.796. The Balaban J connectivity index is 2.45. The molecule has 120 valence electrons. The molecule has 0 amide bonds. The Labute approximate surface area is 127 Å². The number of hydrogen-bond acceptors (Lipinski definition) is 4.